The van der Waals surface area contributed by atoms with Crippen LogP contribution in [0.3, 0.4) is 0 Å². The molecule has 2 heterocycles. The zero-order valence-corrected chi connectivity index (χ0v) is 16.6. The van der Waals surface area contributed by atoms with Crippen molar-refractivity contribution in [2.24, 2.45) is 0 Å². The highest BCUT2D eigenvalue weighted by atomic mass is 127. The van der Waals surface area contributed by atoms with E-state index in [0.717, 1.165) is 0 Å². The molecule has 0 amide bonds. The van der Waals surface area contributed by atoms with Crippen molar-refractivity contribution in [3.63, 3.8) is 0 Å². The first-order valence-electron chi connectivity index (χ1n) is 8.69. The van der Waals surface area contributed by atoms with Gasteiger partial charge in [-0.3, -0.25) is 0 Å². The zero-order valence-electron chi connectivity index (χ0n) is 14.4. The van der Waals surface area contributed by atoms with E-state index in [9.17, 15) is 9.59 Å². The largest absolute Gasteiger partial charge is 0.479 e. The molecule has 0 spiro atoms. The molecule has 0 saturated carbocycles. The summed E-state index contributed by atoms with van der Waals surface area (Å²) in [4.78, 5) is 22.9. The van der Waals surface area contributed by atoms with Gasteiger partial charge in [0.1, 0.15) is 11.5 Å². The van der Waals surface area contributed by atoms with Gasteiger partial charge in [-0.2, -0.15) is 0 Å². The summed E-state index contributed by atoms with van der Waals surface area (Å²) in [5.74, 6) is 0.775. The number of esters is 2. The van der Waals surface area contributed by atoms with Gasteiger partial charge in [-0.1, -0.05) is 0 Å². The molecule has 2 saturated heterocycles. The summed E-state index contributed by atoms with van der Waals surface area (Å²) in [6.07, 6.45) is 0.214. The molecule has 140 valence electrons. The molecule has 0 radical (unpaired) electrons. The number of ether oxygens (including phenoxy) is 4. The fourth-order valence-corrected chi connectivity index (χ4v) is 4.93. The Labute approximate surface area is 167 Å². The monoisotopic (exact) mass is 481 g/mol. The molecule has 2 aliphatic rings. The number of benzene rings is 2. The van der Waals surface area contributed by atoms with Gasteiger partial charge in [0, 0.05) is 12.8 Å². The fraction of sp³-hybridized carbons (Fsp3) is 0.300. The molecule has 27 heavy (non-hydrogen) atoms. The number of cyclic esters (lactones) is 2. The van der Waals surface area contributed by atoms with Crippen molar-refractivity contribution in [2.75, 3.05) is 13.2 Å². The Bertz CT molecular complexity index is 748. The summed E-state index contributed by atoms with van der Waals surface area (Å²) in [5.41, 5.74) is 0. The van der Waals surface area contributed by atoms with Gasteiger partial charge in [-0.05, 0) is 48.5 Å². The van der Waals surface area contributed by atoms with Crippen LogP contribution in [0.25, 0.3) is 0 Å². The number of hydrogen-bond acceptors (Lipinski definition) is 6. The van der Waals surface area contributed by atoms with E-state index in [2.05, 4.69) is 0 Å². The van der Waals surface area contributed by atoms with Crippen LogP contribution >= 0.6 is 0 Å². The van der Waals surface area contributed by atoms with E-state index in [4.69, 9.17) is 18.9 Å². The van der Waals surface area contributed by atoms with E-state index in [-0.39, 0.29) is 33.1 Å². The number of hydrogen-bond donors (Lipinski definition) is 0. The van der Waals surface area contributed by atoms with Gasteiger partial charge in [0.15, 0.2) is 19.3 Å². The van der Waals surface area contributed by atoms with Crippen LogP contribution in [0, 0.1) is 7.14 Å². The van der Waals surface area contributed by atoms with Gasteiger partial charge in [0.2, 0.25) is 0 Å². The first-order chi connectivity index (χ1) is 13.2. The Kier molecular flexibility index (Phi) is 5.47. The molecule has 2 unspecified atom stereocenters. The quantitative estimate of drug-likeness (QED) is 0.398. The molecule has 0 N–H and O–H groups in total. The SMILES string of the molecule is O=C1OCCC1Oc1ccc([I+]c2ccc(OC3CCOC3=O)cc2)cc1. The number of carbonyl (C=O) groups excluding carboxylic acids is 2. The third-order valence-corrected chi connectivity index (χ3v) is 6.86. The minimum absolute atomic E-state index is 0.292. The van der Waals surface area contributed by atoms with Crippen LogP contribution in [-0.2, 0) is 19.1 Å². The van der Waals surface area contributed by atoms with E-state index < -0.39 is 12.2 Å². The Morgan fingerprint density at radius 2 is 1.11 bits per heavy atom. The molecule has 2 aliphatic heterocycles. The van der Waals surface area contributed by atoms with Crippen molar-refractivity contribution in [2.45, 2.75) is 25.0 Å². The number of rotatable bonds is 6. The Morgan fingerprint density at radius 1 is 0.704 bits per heavy atom. The highest BCUT2D eigenvalue weighted by molar-refractivity contribution is 5.77. The van der Waals surface area contributed by atoms with Crippen molar-refractivity contribution in [3.05, 3.63) is 55.7 Å². The molecular formula is C20H18IO6+. The third kappa shape index (κ3) is 4.52. The van der Waals surface area contributed by atoms with Gasteiger partial charge in [0.25, 0.3) is 0 Å². The van der Waals surface area contributed by atoms with Gasteiger partial charge in [0.05, 0.1) is 13.2 Å². The second-order valence-corrected chi connectivity index (χ2v) is 9.16. The van der Waals surface area contributed by atoms with Crippen molar-refractivity contribution >= 4 is 11.9 Å². The molecule has 2 fully saturated rings. The summed E-state index contributed by atoms with van der Waals surface area (Å²) < 4.78 is 23.6. The number of halogens is 1. The average molecular weight is 481 g/mol. The van der Waals surface area contributed by atoms with Crippen LogP contribution in [0.5, 0.6) is 11.5 Å². The zero-order chi connectivity index (χ0) is 18.6. The molecule has 2 aromatic carbocycles. The molecule has 7 heteroatoms. The van der Waals surface area contributed by atoms with Crippen LogP contribution in [0.4, 0.5) is 0 Å². The summed E-state index contributed by atoms with van der Waals surface area (Å²) in [6, 6.07) is 15.7. The lowest BCUT2D eigenvalue weighted by Crippen LogP contribution is -3.61. The molecule has 6 nitrogen and oxygen atoms in total. The van der Waals surface area contributed by atoms with Crippen LogP contribution in [-0.4, -0.2) is 37.4 Å². The predicted molar refractivity (Wildman–Crippen MR) is 90.3 cm³/mol. The lowest BCUT2D eigenvalue weighted by molar-refractivity contribution is -0.597. The van der Waals surface area contributed by atoms with E-state index in [1.54, 1.807) is 0 Å². The summed E-state index contributed by atoms with van der Waals surface area (Å²) in [7, 11) is 0. The molecular weight excluding hydrogens is 463 g/mol. The second kappa shape index (κ2) is 8.16. The summed E-state index contributed by atoms with van der Waals surface area (Å²) >= 11 is -0.342. The topological polar surface area (TPSA) is 71.1 Å². The van der Waals surface area contributed by atoms with Crippen LogP contribution in [0.15, 0.2) is 48.5 Å². The average Bonchev–Trinajstić information content (AvgIpc) is 3.27. The highest BCUT2D eigenvalue weighted by Gasteiger charge is 2.29. The van der Waals surface area contributed by atoms with Crippen molar-refractivity contribution in [3.8, 4) is 11.5 Å². The molecule has 0 aliphatic carbocycles. The molecule has 2 aromatic rings. The van der Waals surface area contributed by atoms with Crippen LogP contribution in [0.2, 0.25) is 0 Å². The van der Waals surface area contributed by atoms with E-state index in [1.807, 2.05) is 48.5 Å². The van der Waals surface area contributed by atoms with Crippen molar-refractivity contribution < 1.29 is 49.7 Å². The van der Waals surface area contributed by atoms with Crippen molar-refractivity contribution in [1.29, 1.82) is 0 Å². The third-order valence-electron chi connectivity index (χ3n) is 4.18. The maximum atomic E-state index is 11.5. The maximum Gasteiger partial charge on any atom is 0.357 e. The standard InChI is InChI=1S/C20H18IO6/c22-19-17(9-11-24-19)26-15-5-1-13(2-6-15)21-14-3-7-16(8-4-14)27-18-10-12-25-20(18)23/h1-8,17-18H,9-12H2/q+1. The van der Waals surface area contributed by atoms with E-state index in [0.29, 0.717) is 37.6 Å². The lowest BCUT2D eigenvalue weighted by Gasteiger charge is -2.09. The predicted octanol–water partition coefficient (Wildman–Crippen LogP) is -0.796. The van der Waals surface area contributed by atoms with Gasteiger partial charge in [-0.25, -0.2) is 9.59 Å². The molecule has 0 aromatic heterocycles. The molecule has 0 bridgehead atoms. The lowest BCUT2D eigenvalue weighted by atomic mass is 10.3. The van der Waals surface area contributed by atoms with E-state index >= 15 is 0 Å². The number of carbonyl (C=O) groups is 2. The molecule has 4 rings (SSSR count). The fourth-order valence-electron chi connectivity index (χ4n) is 2.78. The normalized spacial score (nSPS) is 21.6. The second-order valence-electron chi connectivity index (χ2n) is 6.13. The Balaban J connectivity index is 1.33. The Morgan fingerprint density at radius 3 is 1.44 bits per heavy atom. The summed E-state index contributed by atoms with van der Waals surface area (Å²) in [6.45, 7) is 0.851. The van der Waals surface area contributed by atoms with Gasteiger partial charge in [-0.15, -0.1) is 0 Å². The van der Waals surface area contributed by atoms with Gasteiger partial charge < -0.3 is 18.9 Å². The maximum absolute atomic E-state index is 11.5. The minimum atomic E-state index is -0.491. The molecule has 2 atom stereocenters. The summed E-state index contributed by atoms with van der Waals surface area (Å²) in [5, 5.41) is 0. The van der Waals surface area contributed by atoms with Crippen molar-refractivity contribution in [1.82, 2.24) is 0 Å². The van der Waals surface area contributed by atoms with E-state index in [1.165, 1.54) is 7.14 Å². The first kappa shape index (κ1) is 18.1. The minimum Gasteiger partial charge on any atom is -0.479 e. The van der Waals surface area contributed by atoms with Crippen LogP contribution in [0.1, 0.15) is 12.8 Å². The smallest absolute Gasteiger partial charge is 0.357 e. The highest BCUT2D eigenvalue weighted by Crippen LogP contribution is 2.18. The van der Waals surface area contributed by atoms with Gasteiger partial charge >= 0.3 is 33.1 Å². The van der Waals surface area contributed by atoms with Crippen LogP contribution < -0.4 is 30.7 Å². The Hall–Kier alpha value is -2.29. The first-order valence-corrected chi connectivity index (χ1v) is 10.8.